The molecule has 0 heterocycles. The molecule has 1 aliphatic carbocycles. The average Bonchev–Trinajstić information content (AvgIpc) is 2.42. The third kappa shape index (κ3) is 4.58. The molecule has 4 nitrogen and oxygen atoms in total. The van der Waals surface area contributed by atoms with Crippen molar-refractivity contribution >= 4 is 11.8 Å². The molecule has 116 valence electrons. The molecule has 0 bridgehead atoms. The average molecular weight is 283 g/mol. The van der Waals surface area contributed by atoms with Crippen molar-refractivity contribution in [3.8, 4) is 0 Å². The van der Waals surface area contributed by atoms with Crippen LogP contribution in [0, 0.1) is 23.7 Å². The van der Waals surface area contributed by atoms with Crippen LogP contribution in [0.3, 0.4) is 0 Å². The third-order valence-electron chi connectivity index (χ3n) is 4.57. The first-order valence-corrected chi connectivity index (χ1v) is 7.70. The van der Waals surface area contributed by atoms with Crippen molar-refractivity contribution in [3.05, 3.63) is 0 Å². The number of esters is 1. The van der Waals surface area contributed by atoms with Crippen LogP contribution in [-0.2, 0) is 14.3 Å². The van der Waals surface area contributed by atoms with E-state index in [0.29, 0.717) is 17.8 Å². The molecular formula is C16H29NO3. The van der Waals surface area contributed by atoms with Crippen LogP contribution in [0.5, 0.6) is 0 Å². The molecule has 1 rings (SSSR count). The van der Waals surface area contributed by atoms with Crippen molar-refractivity contribution in [2.75, 3.05) is 13.7 Å². The Morgan fingerprint density at radius 1 is 1.25 bits per heavy atom. The number of ether oxygens (including phenoxy) is 1. The number of nitrogens with one attached hydrogen (secondary N) is 1. The van der Waals surface area contributed by atoms with E-state index in [1.807, 2.05) is 0 Å². The van der Waals surface area contributed by atoms with Crippen LogP contribution in [0.2, 0.25) is 0 Å². The van der Waals surface area contributed by atoms with Gasteiger partial charge in [-0.05, 0) is 37.5 Å². The molecule has 0 aromatic rings. The van der Waals surface area contributed by atoms with Gasteiger partial charge in [-0.3, -0.25) is 14.9 Å². The van der Waals surface area contributed by atoms with Crippen molar-refractivity contribution in [1.29, 1.82) is 0 Å². The summed E-state index contributed by atoms with van der Waals surface area (Å²) in [6.07, 6.45) is 3.34. The van der Waals surface area contributed by atoms with Crippen LogP contribution in [0.15, 0.2) is 0 Å². The van der Waals surface area contributed by atoms with Gasteiger partial charge in [0.05, 0.1) is 13.7 Å². The van der Waals surface area contributed by atoms with Crippen LogP contribution in [0.1, 0.15) is 47.0 Å². The highest BCUT2D eigenvalue weighted by molar-refractivity contribution is 5.84. The number of Topliss-reactive ketones (excluding diaryl/α,β-unsaturated/α-hetero) is 1. The lowest BCUT2D eigenvalue weighted by Gasteiger charge is -2.36. The van der Waals surface area contributed by atoms with E-state index in [-0.39, 0.29) is 24.2 Å². The maximum absolute atomic E-state index is 12.5. The van der Waals surface area contributed by atoms with Gasteiger partial charge in [0.25, 0.3) is 0 Å². The predicted octanol–water partition coefficient (Wildman–Crippen LogP) is 2.42. The van der Waals surface area contributed by atoms with E-state index < -0.39 is 6.04 Å². The standard InChI is InChI=1S/C16H29NO3/c1-10(2)13-7-6-11(3)8-14(13)15(18)9-17-12(4)16(19)20-5/h10-14,17H,6-9H2,1-5H3/t11-,12-,13+,14-/m1/s1. The Labute approximate surface area is 122 Å². The minimum Gasteiger partial charge on any atom is -0.468 e. The Bertz CT molecular complexity index is 341. The van der Waals surface area contributed by atoms with E-state index in [1.165, 1.54) is 13.5 Å². The predicted molar refractivity (Wildman–Crippen MR) is 79.3 cm³/mol. The highest BCUT2D eigenvalue weighted by Gasteiger charge is 2.35. The van der Waals surface area contributed by atoms with Gasteiger partial charge in [0.2, 0.25) is 0 Å². The van der Waals surface area contributed by atoms with Crippen LogP contribution in [-0.4, -0.2) is 31.4 Å². The highest BCUT2D eigenvalue weighted by atomic mass is 16.5. The second-order valence-corrected chi connectivity index (χ2v) is 6.52. The summed E-state index contributed by atoms with van der Waals surface area (Å²) < 4.78 is 4.65. The molecule has 0 saturated heterocycles. The monoisotopic (exact) mass is 283 g/mol. The first-order valence-electron chi connectivity index (χ1n) is 7.70. The van der Waals surface area contributed by atoms with E-state index in [2.05, 4.69) is 30.8 Å². The fourth-order valence-electron chi connectivity index (χ4n) is 3.22. The molecular weight excluding hydrogens is 254 g/mol. The van der Waals surface area contributed by atoms with Gasteiger partial charge in [-0.15, -0.1) is 0 Å². The highest BCUT2D eigenvalue weighted by Crippen LogP contribution is 2.38. The van der Waals surface area contributed by atoms with Crippen LogP contribution < -0.4 is 5.32 Å². The molecule has 1 fully saturated rings. The van der Waals surface area contributed by atoms with Gasteiger partial charge in [0.1, 0.15) is 11.8 Å². The van der Waals surface area contributed by atoms with Crippen LogP contribution in [0.25, 0.3) is 0 Å². The summed E-state index contributed by atoms with van der Waals surface area (Å²) in [7, 11) is 1.36. The van der Waals surface area contributed by atoms with Gasteiger partial charge in [0.15, 0.2) is 0 Å². The molecule has 0 aromatic heterocycles. The molecule has 0 radical (unpaired) electrons. The first kappa shape index (κ1) is 17.2. The number of ketones is 1. The number of carbonyl (C=O) groups is 2. The molecule has 0 aliphatic heterocycles. The summed E-state index contributed by atoms with van der Waals surface area (Å²) in [6, 6.07) is -0.428. The van der Waals surface area contributed by atoms with Gasteiger partial charge >= 0.3 is 5.97 Å². The van der Waals surface area contributed by atoms with Crippen LogP contribution in [0.4, 0.5) is 0 Å². The zero-order valence-electron chi connectivity index (χ0n) is 13.4. The van der Waals surface area contributed by atoms with Gasteiger partial charge in [-0.2, -0.15) is 0 Å². The SMILES string of the molecule is COC(=O)[C@@H](C)NCC(=O)[C@@H]1C[C@H](C)CC[C@H]1C(C)C. The van der Waals surface area contributed by atoms with Gasteiger partial charge in [0, 0.05) is 5.92 Å². The molecule has 1 aliphatic rings. The largest absolute Gasteiger partial charge is 0.468 e. The minimum absolute atomic E-state index is 0.135. The zero-order valence-corrected chi connectivity index (χ0v) is 13.4. The summed E-state index contributed by atoms with van der Waals surface area (Å²) in [5.74, 6) is 1.69. The third-order valence-corrected chi connectivity index (χ3v) is 4.57. The number of hydrogen-bond donors (Lipinski definition) is 1. The fourth-order valence-corrected chi connectivity index (χ4v) is 3.22. The quantitative estimate of drug-likeness (QED) is 0.761. The maximum atomic E-state index is 12.5. The van der Waals surface area contributed by atoms with E-state index in [9.17, 15) is 9.59 Å². The number of hydrogen-bond acceptors (Lipinski definition) is 4. The molecule has 0 aromatic carbocycles. The summed E-state index contributed by atoms with van der Waals surface area (Å²) >= 11 is 0. The van der Waals surface area contributed by atoms with Crippen molar-refractivity contribution in [3.63, 3.8) is 0 Å². The van der Waals surface area contributed by atoms with Crippen molar-refractivity contribution in [2.45, 2.75) is 53.0 Å². The molecule has 4 heteroatoms. The van der Waals surface area contributed by atoms with E-state index in [4.69, 9.17) is 0 Å². The van der Waals surface area contributed by atoms with E-state index >= 15 is 0 Å². The second-order valence-electron chi connectivity index (χ2n) is 6.52. The Balaban J connectivity index is 2.56. The lowest BCUT2D eigenvalue weighted by Crippen LogP contribution is -2.42. The first-order chi connectivity index (χ1) is 9.36. The summed E-state index contributed by atoms with van der Waals surface area (Å²) in [5.41, 5.74) is 0. The Kier molecular flexibility index (Phi) is 6.66. The topological polar surface area (TPSA) is 55.4 Å². The maximum Gasteiger partial charge on any atom is 0.322 e. The molecule has 0 amide bonds. The van der Waals surface area contributed by atoms with Crippen molar-refractivity contribution in [1.82, 2.24) is 5.32 Å². The Morgan fingerprint density at radius 2 is 1.90 bits per heavy atom. The second kappa shape index (κ2) is 7.77. The molecule has 0 unspecified atom stereocenters. The lowest BCUT2D eigenvalue weighted by atomic mass is 9.68. The van der Waals surface area contributed by atoms with Gasteiger partial charge in [-0.25, -0.2) is 0 Å². The molecule has 1 saturated carbocycles. The van der Waals surface area contributed by atoms with E-state index in [1.54, 1.807) is 6.92 Å². The lowest BCUT2D eigenvalue weighted by molar-refractivity contribution is -0.142. The van der Waals surface area contributed by atoms with Crippen LogP contribution >= 0.6 is 0 Å². The van der Waals surface area contributed by atoms with Gasteiger partial charge in [-0.1, -0.05) is 27.2 Å². The Hall–Kier alpha value is -0.900. The molecule has 1 N–H and O–H groups in total. The number of methoxy groups -OCH3 is 1. The zero-order chi connectivity index (χ0) is 15.3. The number of carbonyl (C=O) groups excluding carboxylic acids is 2. The van der Waals surface area contributed by atoms with Gasteiger partial charge < -0.3 is 4.74 Å². The molecule has 4 atom stereocenters. The minimum atomic E-state index is -0.428. The molecule has 0 spiro atoms. The fraction of sp³-hybridized carbons (Fsp3) is 0.875. The Morgan fingerprint density at radius 3 is 2.45 bits per heavy atom. The summed E-state index contributed by atoms with van der Waals surface area (Å²) in [5, 5.41) is 2.98. The van der Waals surface area contributed by atoms with Crippen molar-refractivity contribution < 1.29 is 14.3 Å². The van der Waals surface area contributed by atoms with E-state index in [0.717, 1.165) is 12.8 Å². The normalized spacial score (nSPS) is 28.2. The summed E-state index contributed by atoms with van der Waals surface area (Å²) in [4.78, 5) is 23.8. The number of rotatable bonds is 6. The smallest absolute Gasteiger partial charge is 0.322 e. The molecule has 20 heavy (non-hydrogen) atoms. The van der Waals surface area contributed by atoms with Crippen molar-refractivity contribution in [2.24, 2.45) is 23.7 Å². The summed E-state index contributed by atoms with van der Waals surface area (Å²) in [6.45, 7) is 8.61.